The van der Waals surface area contributed by atoms with Gasteiger partial charge in [-0.1, -0.05) is 46.2 Å². The summed E-state index contributed by atoms with van der Waals surface area (Å²) in [6.45, 7) is 11.7. The second-order valence-corrected chi connectivity index (χ2v) is 6.30. The Balaban J connectivity index is 2.12. The van der Waals surface area contributed by atoms with E-state index in [-0.39, 0.29) is 0 Å². The Labute approximate surface area is 118 Å². The first-order valence-electron chi connectivity index (χ1n) is 7.44. The molecule has 1 aromatic rings. The highest BCUT2D eigenvalue weighted by Gasteiger charge is 2.08. The van der Waals surface area contributed by atoms with E-state index in [4.69, 9.17) is 4.74 Å². The molecular weight excluding hydrogens is 234 g/mol. The monoisotopic (exact) mass is 263 g/mol. The normalized spacial score (nSPS) is 11.6. The third-order valence-corrected chi connectivity index (χ3v) is 3.06. The van der Waals surface area contributed by atoms with Crippen molar-refractivity contribution in [1.29, 1.82) is 0 Å². The molecule has 1 rings (SSSR count). The topological polar surface area (TPSA) is 21.3 Å². The van der Waals surface area contributed by atoms with Crippen LogP contribution in [0, 0.1) is 5.41 Å². The molecule has 0 spiro atoms. The van der Waals surface area contributed by atoms with E-state index < -0.39 is 0 Å². The summed E-state index contributed by atoms with van der Waals surface area (Å²) in [5.74, 6) is 0.970. The van der Waals surface area contributed by atoms with E-state index >= 15 is 0 Å². The van der Waals surface area contributed by atoms with Crippen LogP contribution in [0.5, 0.6) is 5.75 Å². The smallest absolute Gasteiger partial charge is 0.119 e. The maximum Gasteiger partial charge on any atom is 0.119 e. The first kappa shape index (κ1) is 16.0. The molecule has 0 fully saturated rings. The first-order valence-corrected chi connectivity index (χ1v) is 7.44. The molecule has 0 aliphatic rings. The lowest BCUT2D eigenvalue weighted by Crippen LogP contribution is -2.25. The summed E-state index contributed by atoms with van der Waals surface area (Å²) < 4.78 is 5.71. The van der Waals surface area contributed by atoms with Crippen LogP contribution in [-0.4, -0.2) is 19.7 Å². The van der Waals surface area contributed by atoms with E-state index in [2.05, 4.69) is 57.3 Å². The Bertz CT molecular complexity index is 337. The van der Waals surface area contributed by atoms with Crippen LogP contribution >= 0.6 is 0 Å². The molecule has 0 heterocycles. The Kier molecular flexibility index (Phi) is 6.93. The van der Waals surface area contributed by atoms with E-state index in [9.17, 15) is 0 Å². The van der Waals surface area contributed by atoms with Gasteiger partial charge >= 0.3 is 0 Å². The van der Waals surface area contributed by atoms with E-state index in [0.717, 1.165) is 31.9 Å². The molecule has 2 nitrogen and oxygen atoms in total. The van der Waals surface area contributed by atoms with Crippen molar-refractivity contribution in [3.8, 4) is 5.75 Å². The minimum Gasteiger partial charge on any atom is -0.492 e. The molecule has 0 aromatic heterocycles. The van der Waals surface area contributed by atoms with Crippen LogP contribution in [0.25, 0.3) is 0 Å². The number of aryl methyl sites for hydroxylation is 1. The van der Waals surface area contributed by atoms with Gasteiger partial charge < -0.3 is 10.1 Å². The molecule has 2 heteroatoms. The fourth-order valence-electron chi connectivity index (χ4n) is 1.87. The van der Waals surface area contributed by atoms with Crippen LogP contribution in [0.4, 0.5) is 0 Å². The minimum absolute atomic E-state index is 0.406. The summed E-state index contributed by atoms with van der Waals surface area (Å²) in [7, 11) is 0. The molecule has 1 aromatic carbocycles. The summed E-state index contributed by atoms with van der Waals surface area (Å²) in [4.78, 5) is 0. The number of hydrogen-bond donors (Lipinski definition) is 1. The van der Waals surface area contributed by atoms with Crippen LogP contribution in [0.15, 0.2) is 24.3 Å². The molecule has 1 N–H and O–H groups in total. The van der Waals surface area contributed by atoms with Gasteiger partial charge in [-0.05, 0) is 42.5 Å². The zero-order chi connectivity index (χ0) is 14.1. The zero-order valence-electron chi connectivity index (χ0n) is 13.0. The Morgan fingerprint density at radius 3 is 2.32 bits per heavy atom. The van der Waals surface area contributed by atoms with E-state index in [1.54, 1.807) is 0 Å². The van der Waals surface area contributed by atoms with Gasteiger partial charge in [-0.2, -0.15) is 0 Å². The number of benzene rings is 1. The third-order valence-electron chi connectivity index (χ3n) is 3.06. The van der Waals surface area contributed by atoms with Gasteiger partial charge in [0.25, 0.3) is 0 Å². The Morgan fingerprint density at radius 1 is 1.05 bits per heavy atom. The molecule has 0 unspecified atom stereocenters. The molecule has 108 valence electrons. The van der Waals surface area contributed by atoms with Gasteiger partial charge in [-0.15, -0.1) is 0 Å². The molecule has 0 radical (unpaired) electrons. The second-order valence-electron chi connectivity index (χ2n) is 6.30. The van der Waals surface area contributed by atoms with Crippen molar-refractivity contribution in [3.63, 3.8) is 0 Å². The fourth-order valence-corrected chi connectivity index (χ4v) is 1.87. The maximum atomic E-state index is 5.71. The predicted octanol–water partition coefficient (Wildman–Crippen LogP) is 4.04. The SMILES string of the molecule is CCCc1ccc(OCCNCCC(C)(C)C)cc1. The van der Waals surface area contributed by atoms with Crippen LogP contribution in [-0.2, 0) is 6.42 Å². The van der Waals surface area contributed by atoms with Gasteiger partial charge in [0.15, 0.2) is 0 Å². The number of rotatable bonds is 8. The number of nitrogens with one attached hydrogen (secondary N) is 1. The molecule has 0 bridgehead atoms. The van der Waals surface area contributed by atoms with Crippen molar-refractivity contribution in [2.75, 3.05) is 19.7 Å². The summed E-state index contributed by atoms with van der Waals surface area (Å²) in [5.41, 5.74) is 1.79. The minimum atomic E-state index is 0.406. The quantitative estimate of drug-likeness (QED) is 0.715. The van der Waals surface area contributed by atoms with Crippen molar-refractivity contribution in [2.24, 2.45) is 5.41 Å². The highest BCUT2D eigenvalue weighted by atomic mass is 16.5. The van der Waals surface area contributed by atoms with Crippen molar-refractivity contribution in [1.82, 2.24) is 5.32 Å². The van der Waals surface area contributed by atoms with Crippen LogP contribution in [0.1, 0.15) is 46.1 Å². The molecule has 0 atom stereocenters. The van der Waals surface area contributed by atoms with Crippen molar-refractivity contribution >= 4 is 0 Å². The summed E-state index contributed by atoms with van der Waals surface area (Å²) in [5, 5.41) is 3.42. The average Bonchev–Trinajstić information content (AvgIpc) is 2.35. The van der Waals surface area contributed by atoms with E-state index in [0.29, 0.717) is 5.41 Å². The number of hydrogen-bond acceptors (Lipinski definition) is 2. The maximum absolute atomic E-state index is 5.71. The van der Waals surface area contributed by atoms with Crippen molar-refractivity contribution in [2.45, 2.75) is 47.0 Å². The van der Waals surface area contributed by atoms with Crippen molar-refractivity contribution < 1.29 is 4.74 Å². The zero-order valence-corrected chi connectivity index (χ0v) is 13.0. The largest absolute Gasteiger partial charge is 0.492 e. The molecule has 19 heavy (non-hydrogen) atoms. The molecule has 0 aliphatic carbocycles. The van der Waals surface area contributed by atoms with Gasteiger partial charge in [0.1, 0.15) is 12.4 Å². The fraction of sp³-hybridized carbons (Fsp3) is 0.647. The van der Waals surface area contributed by atoms with Crippen LogP contribution in [0.2, 0.25) is 0 Å². The average molecular weight is 263 g/mol. The summed E-state index contributed by atoms with van der Waals surface area (Å²) >= 11 is 0. The van der Waals surface area contributed by atoms with E-state index in [1.807, 2.05) is 0 Å². The Morgan fingerprint density at radius 2 is 1.74 bits per heavy atom. The lowest BCUT2D eigenvalue weighted by Gasteiger charge is -2.18. The third kappa shape index (κ3) is 7.89. The van der Waals surface area contributed by atoms with Gasteiger partial charge in [0.2, 0.25) is 0 Å². The number of ether oxygens (including phenoxy) is 1. The molecular formula is C17H29NO. The first-order chi connectivity index (χ1) is 9.01. The predicted molar refractivity (Wildman–Crippen MR) is 82.9 cm³/mol. The summed E-state index contributed by atoms with van der Waals surface area (Å²) in [6, 6.07) is 8.46. The van der Waals surface area contributed by atoms with Gasteiger partial charge in [0, 0.05) is 6.54 Å². The van der Waals surface area contributed by atoms with Gasteiger partial charge in [0.05, 0.1) is 0 Å². The van der Waals surface area contributed by atoms with Gasteiger partial charge in [-0.25, -0.2) is 0 Å². The molecule has 0 saturated carbocycles. The highest BCUT2D eigenvalue weighted by Crippen LogP contribution is 2.17. The second kappa shape index (κ2) is 8.21. The standard InChI is InChI=1S/C17H29NO/c1-5-6-15-7-9-16(10-8-15)19-14-13-18-12-11-17(2,3)4/h7-10,18H,5-6,11-14H2,1-4H3. The van der Waals surface area contributed by atoms with Gasteiger partial charge in [-0.3, -0.25) is 0 Å². The molecule has 0 aliphatic heterocycles. The lowest BCUT2D eigenvalue weighted by atomic mass is 9.92. The molecule has 0 saturated heterocycles. The van der Waals surface area contributed by atoms with Crippen LogP contribution < -0.4 is 10.1 Å². The molecule has 0 amide bonds. The Hall–Kier alpha value is -1.02. The summed E-state index contributed by atoms with van der Waals surface area (Å²) in [6.07, 6.45) is 3.53. The van der Waals surface area contributed by atoms with Crippen molar-refractivity contribution in [3.05, 3.63) is 29.8 Å². The van der Waals surface area contributed by atoms with E-state index in [1.165, 1.54) is 18.4 Å². The lowest BCUT2D eigenvalue weighted by molar-refractivity contribution is 0.304. The van der Waals surface area contributed by atoms with Crippen LogP contribution in [0.3, 0.4) is 0 Å². The highest BCUT2D eigenvalue weighted by molar-refractivity contribution is 5.27.